The van der Waals surface area contributed by atoms with Crippen molar-refractivity contribution in [3.8, 4) is 5.69 Å². The summed E-state index contributed by atoms with van der Waals surface area (Å²) in [7, 11) is 1.98. The molecule has 8 heteroatoms. The number of nitrogens with one attached hydrogen (secondary N) is 2. The second-order valence-corrected chi connectivity index (χ2v) is 7.22. The van der Waals surface area contributed by atoms with Crippen molar-refractivity contribution in [1.29, 1.82) is 0 Å². The fourth-order valence-electron chi connectivity index (χ4n) is 3.53. The van der Waals surface area contributed by atoms with Crippen LogP contribution in [0.5, 0.6) is 0 Å². The number of benzene rings is 1. The topological polar surface area (TPSA) is 62.2 Å². The molecular weight excluding hydrogens is 381 g/mol. The van der Waals surface area contributed by atoms with Crippen LogP contribution in [0, 0.1) is 18.7 Å². The van der Waals surface area contributed by atoms with Crippen LogP contribution in [-0.4, -0.2) is 53.8 Å². The van der Waals surface area contributed by atoms with Gasteiger partial charge in [0.2, 0.25) is 5.91 Å². The molecule has 0 unspecified atom stereocenters. The van der Waals surface area contributed by atoms with Crippen LogP contribution < -0.4 is 10.6 Å². The van der Waals surface area contributed by atoms with Crippen molar-refractivity contribution in [1.82, 2.24) is 20.0 Å². The van der Waals surface area contributed by atoms with Crippen molar-refractivity contribution in [2.24, 2.45) is 5.92 Å². The van der Waals surface area contributed by atoms with Crippen molar-refractivity contribution in [3.63, 3.8) is 0 Å². The van der Waals surface area contributed by atoms with E-state index < -0.39 is 0 Å². The highest BCUT2D eigenvalue weighted by Gasteiger charge is 2.21. The Hall–Kier alpha value is -1.96. The van der Waals surface area contributed by atoms with Crippen LogP contribution >= 0.6 is 12.4 Å². The molecule has 0 radical (unpaired) electrons. The maximum absolute atomic E-state index is 13.2. The van der Waals surface area contributed by atoms with Gasteiger partial charge in [-0.1, -0.05) is 0 Å². The normalized spacial score (nSPS) is 15.2. The van der Waals surface area contributed by atoms with Crippen LogP contribution in [0.4, 0.5) is 10.2 Å². The van der Waals surface area contributed by atoms with Crippen molar-refractivity contribution >= 4 is 24.1 Å². The van der Waals surface area contributed by atoms with E-state index >= 15 is 0 Å². The minimum Gasteiger partial charge on any atom is -0.320 e. The molecule has 1 saturated heterocycles. The summed E-state index contributed by atoms with van der Waals surface area (Å²) in [5.74, 6) is 1.01. The summed E-state index contributed by atoms with van der Waals surface area (Å²) in [4.78, 5) is 14.7. The summed E-state index contributed by atoms with van der Waals surface area (Å²) in [6.07, 6.45) is 3.48. The molecule has 2 N–H and O–H groups in total. The third-order valence-electron chi connectivity index (χ3n) is 5.05. The predicted octanol–water partition coefficient (Wildman–Crippen LogP) is 3.00. The number of piperidine rings is 1. The molecule has 0 saturated carbocycles. The largest absolute Gasteiger partial charge is 0.320 e. The van der Waals surface area contributed by atoms with Gasteiger partial charge in [-0.25, -0.2) is 9.07 Å². The average molecular weight is 410 g/mol. The Morgan fingerprint density at radius 2 is 1.93 bits per heavy atom. The van der Waals surface area contributed by atoms with E-state index in [1.54, 1.807) is 16.8 Å². The number of aryl methyl sites for hydroxylation is 1. The molecule has 0 aliphatic carbocycles. The Kier molecular flexibility index (Phi) is 8.41. The lowest BCUT2D eigenvalue weighted by atomic mass is 9.93. The molecule has 0 atom stereocenters. The van der Waals surface area contributed by atoms with E-state index in [-0.39, 0.29) is 24.1 Å². The van der Waals surface area contributed by atoms with Gasteiger partial charge in [0.15, 0.2) is 0 Å². The Morgan fingerprint density at radius 1 is 1.25 bits per heavy atom. The van der Waals surface area contributed by atoms with Crippen molar-refractivity contribution < 1.29 is 9.18 Å². The molecule has 1 aromatic heterocycles. The summed E-state index contributed by atoms with van der Waals surface area (Å²) in [6.45, 7) is 5.21. The third-order valence-corrected chi connectivity index (χ3v) is 5.05. The molecule has 0 bridgehead atoms. The SMILES string of the molecule is CNCCC1CCN(CC(=O)Nc2cc(C)nn2-c2ccc(F)cc2)CC1.Cl. The average Bonchev–Trinajstić information content (AvgIpc) is 3.01. The van der Waals surface area contributed by atoms with Gasteiger partial charge in [0.05, 0.1) is 17.9 Å². The zero-order chi connectivity index (χ0) is 19.2. The van der Waals surface area contributed by atoms with Gasteiger partial charge in [-0.15, -0.1) is 12.4 Å². The molecule has 3 rings (SSSR count). The molecule has 0 spiro atoms. The summed E-state index contributed by atoms with van der Waals surface area (Å²) >= 11 is 0. The number of hydrogen-bond acceptors (Lipinski definition) is 4. The van der Waals surface area contributed by atoms with E-state index in [0.29, 0.717) is 18.1 Å². The highest BCUT2D eigenvalue weighted by Crippen LogP contribution is 2.21. The molecule has 28 heavy (non-hydrogen) atoms. The van der Waals surface area contributed by atoms with E-state index in [1.165, 1.54) is 18.6 Å². The number of carbonyl (C=O) groups is 1. The third kappa shape index (κ3) is 6.02. The van der Waals surface area contributed by atoms with E-state index in [0.717, 1.165) is 44.1 Å². The number of hydrogen-bond donors (Lipinski definition) is 2. The number of halogens is 2. The van der Waals surface area contributed by atoms with Gasteiger partial charge in [0.1, 0.15) is 11.6 Å². The number of anilines is 1. The van der Waals surface area contributed by atoms with Gasteiger partial charge in [-0.05, 0) is 83.1 Å². The Labute approximate surface area is 171 Å². The summed E-state index contributed by atoms with van der Waals surface area (Å²) in [5.41, 5.74) is 1.50. The highest BCUT2D eigenvalue weighted by atomic mass is 35.5. The van der Waals surface area contributed by atoms with E-state index in [9.17, 15) is 9.18 Å². The van der Waals surface area contributed by atoms with Crippen LogP contribution in [0.2, 0.25) is 0 Å². The summed E-state index contributed by atoms with van der Waals surface area (Å²) < 4.78 is 14.8. The maximum atomic E-state index is 13.2. The first-order valence-corrected chi connectivity index (χ1v) is 9.54. The number of aromatic nitrogens is 2. The quantitative estimate of drug-likeness (QED) is 0.738. The summed E-state index contributed by atoms with van der Waals surface area (Å²) in [5, 5.41) is 10.6. The molecule has 1 fully saturated rings. The Morgan fingerprint density at radius 3 is 2.57 bits per heavy atom. The standard InChI is InChI=1S/C20H28FN5O.ClH/c1-15-13-19(26(24-15)18-5-3-17(21)4-6-18)23-20(27)14-25-11-8-16(9-12-25)7-10-22-2;/h3-6,13,16,22H,7-12,14H2,1-2H3,(H,23,27);1H. The van der Waals surface area contributed by atoms with Crippen molar-refractivity contribution in [3.05, 3.63) is 41.8 Å². The second-order valence-electron chi connectivity index (χ2n) is 7.22. The van der Waals surface area contributed by atoms with E-state index in [2.05, 4.69) is 20.6 Å². The van der Waals surface area contributed by atoms with E-state index in [1.807, 2.05) is 20.0 Å². The molecule has 1 aromatic carbocycles. The minimum atomic E-state index is -0.300. The Balaban J connectivity index is 0.00000280. The van der Waals surface area contributed by atoms with Gasteiger partial charge < -0.3 is 10.6 Å². The van der Waals surface area contributed by atoms with Crippen molar-refractivity contribution in [2.45, 2.75) is 26.2 Å². The first kappa shape index (κ1) is 22.3. The van der Waals surface area contributed by atoms with Crippen LogP contribution in [-0.2, 0) is 4.79 Å². The monoisotopic (exact) mass is 409 g/mol. The zero-order valence-corrected chi connectivity index (χ0v) is 17.3. The van der Waals surface area contributed by atoms with Crippen LogP contribution in [0.3, 0.4) is 0 Å². The van der Waals surface area contributed by atoms with Crippen molar-refractivity contribution in [2.75, 3.05) is 38.5 Å². The lowest BCUT2D eigenvalue weighted by molar-refractivity contribution is -0.117. The minimum absolute atomic E-state index is 0. The first-order chi connectivity index (χ1) is 13.0. The Bertz CT molecular complexity index is 756. The van der Waals surface area contributed by atoms with Gasteiger partial charge >= 0.3 is 0 Å². The van der Waals surface area contributed by atoms with E-state index in [4.69, 9.17) is 0 Å². The van der Waals surface area contributed by atoms with Crippen LogP contribution in [0.15, 0.2) is 30.3 Å². The first-order valence-electron chi connectivity index (χ1n) is 9.54. The molecule has 154 valence electrons. The predicted molar refractivity (Wildman–Crippen MR) is 112 cm³/mol. The lowest BCUT2D eigenvalue weighted by Gasteiger charge is -2.31. The smallest absolute Gasteiger partial charge is 0.239 e. The van der Waals surface area contributed by atoms with Gasteiger partial charge in [-0.3, -0.25) is 9.69 Å². The number of amides is 1. The fourth-order valence-corrected chi connectivity index (χ4v) is 3.53. The number of carbonyl (C=O) groups excluding carboxylic acids is 1. The molecule has 6 nitrogen and oxygen atoms in total. The molecule has 2 heterocycles. The molecule has 1 aliphatic rings. The van der Waals surface area contributed by atoms with Gasteiger partial charge in [0.25, 0.3) is 0 Å². The highest BCUT2D eigenvalue weighted by molar-refractivity contribution is 5.91. The van der Waals surface area contributed by atoms with Gasteiger partial charge in [-0.2, -0.15) is 5.10 Å². The fraction of sp³-hybridized carbons (Fsp3) is 0.500. The summed E-state index contributed by atoms with van der Waals surface area (Å²) in [6, 6.07) is 7.89. The second kappa shape index (κ2) is 10.5. The molecule has 1 amide bonds. The molecule has 2 aromatic rings. The lowest BCUT2D eigenvalue weighted by Crippen LogP contribution is -2.39. The number of rotatable bonds is 7. The van der Waals surface area contributed by atoms with Crippen LogP contribution in [0.25, 0.3) is 5.69 Å². The van der Waals surface area contributed by atoms with Gasteiger partial charge in [0, 0.05) is 6.07 Å². The number of likely N-dealkylation sites (tertiary alicyclic amines) is 1. The zero-order valence-electron chi connectivity index (χ0n) is 16.4. The molecule has 1 aliphatic heterocycles. The molecular formula is C20H29ClFN5O. The van der Waals surface area contributed by atoms with Crippen LogP contribution in [0.1, 0.15) is 25.0 Å². The number of nitrogens with zero attached hydrogens (tertiary/aromatic N) is 3. The maximum Gasteiger partial charge on any atom is 0.239 e.